The number of methoxy groups -OCH3 is 1. The minimum atomic E-state index is -0.582. The van der Waals surface area contributed by atoms with Gasteiger partial charge in [-0.2, -0.15) is 0 Å². The van der Waals surface area contributed by atoms with Crippen molar-refractivity contribution in [1.29, 1.82) is 0 Å². The third-order valence-electron chi connectivity index (χ3n) is 1.95. The monoisotopic (exact) mass is 207 g/mol. The topological polar surface area (TPSA) is 55.4 Å². The van der Waals surface area contributed by atoms with Crippen LogP contribution in [0.5, 0.6) is 5.75 Å². The lowest BCUT2D eigenvalue weighted by atomic mass is 10.2. The standard InChI is InChI=1S/C11H13NO3/c1-8(13)11(14)12-7-9-5-3-4-6-10(9)15-2/h3-6H,7H2,1-2H3,(H,12,14). The van der Waals surface area contributed by atoms with Crippen molar-refractivity contribution in [3.05, 3.63) is 29.8 Å². The van der Waals surface area contributed by atoms with E-state index in [1.54, 1.807) is 13.2 Å². The highest BCUT2D eigenvalue weighted by Crippen LogP contribution is 2.16. The van der Waals surface area contributed by atoms with E-state index >= 15 is 0 Å². The smallest absolute Gasteiger partial charge is 0.287 e. The number of Topliss-reactive ketones (excluding diaryl/α,β-unsaturated/α-hetero) is 1. The van der Waals surface area contributed by atoms with Crippen LogP contribution in [0.1, 0.15) is 12.5 Å². The summed E-state index contributed by atoms with van der Waals surface area (Å²) in [7, 11) is 1.56. The Morgan fingerprint density at radius 2 is 2.00 bits per heavy atom. The number of amides is 1. The summed E-state index contributed by atoms with van der Waals surface area (Å²) in [5.41, 5.74) is 0.842. The van der Waals surface area contributed by atoms with Crippen LogP contribution in [0.15, 0.2) is 24.3 Å². The average molecular weight is 207 g/mol. The van der Waals surface area contributed by atoms with E-state index in [9.17, 15) is 9.59 Å². The van der Waals surface area contributed by atoms with Gasteiger partial charge in [-0.05, 0) is 6.07 Å². The van der Waals surface area contributed by atoms with Crippen molar-refractivity contribution in [3.63, 3.8) is 0 Å². The molecule has 0 heterocycles. The molecule has 0 atom stereocenters. The second kappa shape index (κ2) is 5.14. The molecule has 0 bridgehead atoms. The Morgan fingerprint density at radius 1 is 1.33 bits per heavy atom. The van der Waals surface area contributed by atoms with E-state index in [2.05, 4.69) is 5.32 Å². The largest absolute Gasteiger partial charge is 0.496 e. The number of hydrogen-bond acceptors (Lipinski definition) is 3. The molecule has 0 radical (unpaired) electrons. The molecule has 0 saturated carbocycles. The molecule has 0 fully saturated rings. The van der Waals surface area contributed by atoms with Crippen LogP contribution in [-0.4, -0.2) is 18.8 Å². The maximum absolute atomic E-state index is 11.0. The second-order valence-electron chi connectivity index (χ2n) is 3.05. The molecule has 0 aliphatic carbocycles. The van der Waals surface area contributed by atoms with Crippen molar-refractivity contribution in [1.82, 2.24) is 5.32 Å². The molecule has 1 rings (SSSR count). The summed E-state index contributed by atoms with van der Waals surface area (Å²) < 4.78 is 5.10. The molecule has 1 amide bonds. The summed E-state index contributed by atoms with van der Waals surface area (Å²) in [4.78, 5) is 21.7. The predicted octanol–water partition coefficient (Wildman–Crippen LogP) is 0.900. The molecule has 1 aromatic carbocycles. The molecule has 0 spiro atoms. The molecule has 1 N–H and O–H groups in total. The van der Waals surface area contributed by atoms with Gasteiger partial charge in [0, 0.05) is 19.0 Å². The number of nitrogens with one attached hydrogen (secondary N) is 1. The third-order valence-corrected chi connectivity index (χ3v) is 1.95. The minimum Gasteiger partial charge on any atom is -0.496 e. The van der Waals surface area contributed by atoms with Crippen LogP contribution in [-0.2, 0) is 16.1 Å². The number of para-hydroxylation sites is 1. The molecule has 0 unspecified atom stereocenters. The highest BCUT2D eigenvalue weighted by atomic mass is 16.5. The fourth-order valence-corrected chi connectivity index (χ4v) is 1.15. The molecule has 15 heavy (non-hydrogen) atoms. The van der Waals surface area contributed by atoms with Crippen LogP contribution >= 0.6 is 0 Å². The zero-order chi connectivity index (χ0) is 11.3. The van der Waals surface area contributed by atoms with Gasteiger partial charge >= 0.3 is 0 Å². The van der Waals surface area contributed by atoms with Crippen molar-refractivity contribution in [2.24, 2.45) is 0 Å². The molecule has 1 aromatic rings. The molecule has 0 aromatic heterocycles. The Hall–Kier alpha value is -1.84. The van der Waals surface area contributed by atoms with Gasteiger partial charge in [-0.3, -0.25) is 9.59 Å². The van der Waals surface area contributed by atoms with Crippen molar-refractivity contribution in [2.75, 3.05) is 7.11 Å². The van der Waals surface area contributed by atoms with Gasteiger partial charge in [0.1, 0.15) is 5.75 Å². The first kappa shape index (κ1) is 11.2. The van der Waals surface area contributed by atoms with Crippen molar-refractivity contribution in [3.8, 4) is 5.75 Å². The number of carbonyl (C=O) groups excluding carboxylic acids is 2. The van der Waals surface area contributed by atoms with Gasteiger partial charge < -0.3 is 10.1 Å². The Morgan fingerprint density at radius 3 is 2.60 bits per heavy atom. The van der Waals surface area contributed by atoms with E-state index < -0.39 is 11.7 Å². The Bertz CT molecular complexity index is 374. The Labute approximate surface area is 88.2 Å². The van der Waals surface area contributed by atoms with E-state index in [0.29, 0.717) is 12.3 Å². The number of benzene rings is 1. The summed E-state index contributed by atoms with van der Waals surface area (Å²) in [5, 5.41) is 2.50. The first-order chi connectivity index (χ1) is 7.15. The quantitative estimate of drug-likeness (QED) is 0.746. The maximum atomic E-state index is 11.0. The van der Waals surface area contributed by atoms with Gasteiger partial charge in [0.05, 0.1) is 7.11 Å². The van der Waals surface area contributed by atoms with Gasteiger partial charge in [-0.15, -0.1) is 0 Å². The summed E-state index contributed by atoms with van der Waals surface area (Å²) >= 11 is 0. The van der Waals surface area contributed by atoms with Crippen molar-refractivity contribution in [2.45, 2.75) is 13.5 Å². The number of ether oxygens (including phenoxy) is 1. The lowest BCUT2D eigenvalue weighted by Crippen LogP contribution is -2.28. The molecule has 0 aliphatic heterocycles. The number of rotatable bonds is 4. The summed E-state index contributed by atoms with van der Waals surface area (Å²) in [6, 6.07) is 7.32. The Balaban J connectivity index is 2.65. The highest BCUT2D eigenvalue weighted by Gasteiger charge is 2.08. The van der Waals surface area contributed by atoms with Crippen LogP contribution in [0.25, 0.3) is 0 Å². The third kappa shape index (κ3) is 3.09. The SMILES string of the molecule is COc1ccccc1CNC(=O)C(C)=O. The van der Waals surface area contributed by atoms with Crippen molar-refractivity contribution < 1.29 is 14.3 Å². The number of carbonyl (C=O) groups is 2. The molecule has 0 saturated heterocycles. The number of ketones is 1. The van der Waals surface area contributed by atoms with Crippen LogP contribution in [0.4, 0.5) is 0 Å². The zero-order valence-electron chi connectivity index (χ0n) is 8.74. The van der Waals surface area contributed by atoms with Gasteiger partial charge in [0.15, 0.2) is 0 Å². The molecule has 80 valence electrons. The lowest BCUT2D eigenvalue weighted by molar-refractivity contribution is -0.136. The van der Waals surface area contributed by atoms with Gasteiger partial charge in [0.2, 0.25) is 5.78 Å². The fraction of sp³-hybridized carbons (Fsp3) is 0.273. The fourth-order valence-electron chi connectivity index (χ4n) is 1.15. The van der Waals surface area contributed by atoms with E-state index in [0.717, 1.165) is 5.56 Å². The van der Waals surface area contributed by atoms with E-state index in [-0.39, 0.29) is 0 Å². The minimum absolute atomic E-state index is 0.294. The molecular weight excluding hydrogens is 194 g/mol. The van der Waals surface area contributed by atoms with E-state index in [4.69, 9.17) is 4.74 Å². The second-order valence-corrected chi connectivity index (χ2v) is 3.05. The first-order valence-corrected chi connectivity index (χ1v) is 4.56. The Kier molecular flexibility index (Phi) is 3.85. The zero-order valence-corrected chi connectivity index (χ0v) is 8.74. The first-order valence-electron chi connectivity index (χ1n) is 4.56. The molecule has 0 aliphatic rings. The summed E-state index contributed by atoms with van der Waals surface area (Å²) in [6.45, 7) is 1.53. The molecular formula is C11H13NO3. The van der Waals surface area contributed by atoms with Crippen molar-refractivity contribution >= 4 is 11.7 Å². The molecule has 4 heteroatoms. The van der Waals surface area contributed by atoms with Crippen LogP contribution in [0.3, 0.4) is 0 Å². The van der Waals surface area contributed by atoms with E-state index in [1.807, 2.05) is 18.2 Å². The predicted molar refractivity (Wildman–Crippen MR) is 55.5 cm³/mol. The van der Waals surface area contributed by atoms with Crippen LogP contribution in [0.2, 0.25) is 0 Å². The van der Waals surface area contributed by atoms with Gasteiger partial charge in [-0.25, -0.2) is 0 Å². The summed E-state index contributed by atoms with van der Waals surface area (Å²) in [5.74, 6) is -0.382. The summed E-state index contributed by atoms with van der Waals surface area (Å²) in [6.07, 6.45) is 0. The van der Waals surface area contributed by atoms with Crippen LogP contribution in [0, 0.1) is 0 Å². The number of hydrogen-bond donors (Lipinski definition) is 1. The average Bonchev–Trinajstić information content (AvgIpc) is 2.26. The van der Waals surface area contributed by atoms with E-state index in [1.165, 1.54) is 6.92 Å². The van der Waals surface area contributed by atoms with Gasteiger partial charge in [-0.1, -0.05) is 18.2 Å². The molecule has 4 nitrogen and oxygen atoms in total. The highest BCUT2D eigenvalue weighted by molar-refractivity contribution is 6.35. The maximum Gasteiger partial charge on any atom is 0.287 e. The van der Waals surface area contributed by atoms with Gasteiger partial charge in [0.25, 0.3) is 5.91 Å². The normalized spacial score (nSPS) is 9.47. The lowest BCUT2D eigenvalue weighted by Gasteiger charge is -2.08. The van der Waals surface area contributed by atoms with Crippen LogP contribution < -0.4 is 10.1 Å².